The van der Waals surface area contributed by atoms with Crippen LogP contribution in [0.2, 0.25) is 0 Å². The van der Waals surface area contributed by atoms with E-state index in [9.17, 15) is 9.90 Å². The van der Waals surface area contributed by atoms with Crippen LogP contribution >= 0.6 is 0 Å². The fraction of sp³-hybridized carbons (Fsp3) is 0.154. The number of hydrogen-bond donors (Lipinski definition) is 2. The second-order valence-corrected chi connectivity index (χ2v) is 4.00. The molecule has 6 heteroatoms. The minimum Gasteiger partial charge on any atom is -0.508 e. The number of nitrogens with zero attached hydrogens (tertiary/aromatic N) is 3. The topological polar surface area (TPSA) is 90.9 Å². The Bertz CT molecular complexity index is 655. The van der Waals surface area contributed by atoms with Gasteiger partial charge in [0.05, 0.1) is 12.6 Å². The van der Waals surface area contributed by atoms with Gasteiger partial charge in [0.1, 0.15) is 23.2 Å². The molecular formula is C13H12N4O2. The predicted octanol–water partition coefficient (Wildman–Crippen LogP) is 1.18. The van der Waals surface area contributed by atoms with Gasteiger partial charge >= 0.3 is 0 Å². The van der Waals surface area contributed by atoms with Crippen LogP contribution in [0.1, 0.15) is 11.1 Å². The Labute approximate surface area is 109 Å². The third kappa shape index (κ3) is 2.72. The van der Waals surface area contributed by atoms with E-state index >= 15 is 0 Å². The summed E-state index contributed by atoms with van der Waals surface area (Å²) < 4.78 is 1.42. The van der Waals surface area contributed by atoms with Crippen LogP contribution in [0.4, 0.5) is 5.82 Å². The van der Waals surface area contributed by atoms with Crippen molar-refractivity contribution >= 4 is 11.7 Å². The first-order valence-electron chi connectivity index (χ1n) is 5.60. The fourth-order valence-electron chi connectivity index (χ4n) is 1.68. The molecule has 1 aromatic heterocycles. The van der Waals surface area contributed by atoms with Crippen LogP contribution in [-0.4, -0.2) is 20.8 Å². The summed E-state index contributed by atoms with van der Waals surface area (Å²) in [5.41, 5.74) is 0.828. The largest absolute Gasteiger partial charge is 0.508 e. The molecule has 1 aromatic carbocycles. The summed E-state index contributed by atoms with van der Waals surface area (Å²) >= 11 is 0. The smallest absolute Gasteiger partial charge is 0.230 e. The number of phenols is 1. The highest BCUT2D eigenvalue weighted by Gasteiger charge is 2.13. The molecule has 6 nitrogen and oxygen atoms in total. The molecule has 0 unspecified atom stereocenters. The molecule has 2 N–H and O–H groups in total. The number of rotatable bonds is 3. The van der Waals surface area contributed by atoms with Crippen molar-refractivity contribution in [3.05, 3.63) is 41.6 Å². The van der Waals surface area contributed by atoms with Crippen LogP contribution in [0.15, 0.2) is 30.5 Å². The zero-order chi connectivity index (χ0) is 13.8. The van der Waals surface area contributed by atoms with Crippen molar-refractivity contribution in [2.45, 2.75) is 6.42 Å². The molecule has 96 valence electrons. The van der Waals surface area contributed by atoms with Gasteiger partial charge in [-0.1, -0.05) is 18.2 Å². The Balaban J connectivity index is 2.13. The van der Waals surface area contributed by atoms with Crippen molar-refractivity contribution in [1.82, 2.24) is 9.78 Å². The van der Waals surface area contributed by atoms with E-state index in [1.807, 2.05) is 6.07 Å². The van der Waals surface area contributed by atoms with E-state index in [1.165, 1.54) is 16.9 Å². The highest BCUT2D eigenvalue weighted by molar-refractivity contribution is 5.92. The SMILES string of the molecule is Cn1ncc(C#N)c1NC(=O)Cc1ccccc1O. The number of nitriles is 1. The van der Waals surface area contributed by atoms with E-state index in [2.05, 4.69) is 10.4 Å². The third-order valence-corrected chi connectivity index (χ3v) is 2.66. The zero-order valence-electron chi connectivity index (χ0n) is 10.3. The quantitative estimate of drug-likeness (QED) is 0.862. The third-order valence-electron chi connectivity index (χ3n) is 2.66. The Morgan fingerprint density at radius 3 is 2.95 bits per heavy atom. The minimum atomic E-state index is -0.318. The molecule has 0 aliphatic carbocycles. The number of para-hydroxylation sites is 1. The maximum absolute atomic E-state index is 11.9. The number of hydrogen-bond acceptors (Lipinski definition) is 4. The summed E-state index contributed by atoms with van der Waals surface area (Å²) in [4.78, 5) is 11.9. The zero-order valence-corrected chi connectivity index (χ0v) is 10.3. The van der Waals surface area contributed by atoms with Gasteiger partial charge in [-0.15, -0.1) is 0 Å². The van der Waals surface area contributed by atoms with Gasteiger partial charge in [0.2, 0.25) is 5.91 Å². The molecule has 0 aliphatic heterocycles. The number of carbonyl (C=O) groups excluding carboxylic acids is 1. The van der Waals surface area contributed by atoms with Gasteiger partial charge in [-0.05, 0) is 6.07 Å². The highest BCUT2D eigenvalue weighted by atomic mass is 16.3. The molecular weight excluding hydrogens is 244 g/mol. The van der Waals surface area contributed by atoms with E-state index < -0.39 is 0 Å². The van der Waals surface area contributed by atoms with Crippen molar-refractivity contribution in [2.24, 2.45) is 7.05 Å². The number of nitrogens with one attached hydrogen (secondary N) is 1. The second-order valence-electron chi connectivity index (χ2n) is 4.00. The molecule has 19 heavy (non-hydrogen) atoms. The number of benzene rings is 1. The average molecular weight is 256 g/mol. The molecule has 0 bridgehead atoms. The summed E-state index contributed by atoms with van der Waals surface area (Å²) in [5, 5.41) is 25.0. The van der Waals surface area contributed by atoms with Crippen molar-refractivity contribution in [3.8, 4) is 11.8 Å². The molecule has 2 rings (SSSR count). The van der Waals surface area contributed by atoms with Gasteiger partial charge in [0.15, 0.2) is 0 Å². The number of carbonyl (C=O) groups is 1. The number of aromatic hydroxyl groups is 1. The number of aromatic nitrogens is 2. The lowest BCUT2D eigenvalue weighted by Gasteiger charge is -2.07. The van der Waals surface area contributed by atoms with Gasteiger partial charge in [-0.2, -0.15) is 10.4 Å². The number of phenolic OH excluding ortho intramolecular Hbond substituents is 1. The molecule has 1 heterocycles. The van der Waals surface area contributed by atoms with E-state index in [0.29, 0.717) is 16.9 Å². The molecule has 0 atom stereocenters. The predicted molar refractivity (Wildman–Crippen MR) is 68.4 cm³/mol. The molecule has 2 aromatic rings. The van der Waals surface area contributed by atoms with Gasteiger partial charge in [0.25, 0.3) is 0 Å². The fourth-order valence-corrected chi connectivity index (χ4v) is 1.68. The lowest BCUT2D eigenvalue weighted by Crippen LogP contribution is -2.17. The van der Waals surface area contributed by atoms with Crippen LogP contribution in [-0.2, 0) is 18.3 Å². The number of aryl methyl sites for hydroxylation is 1. The van der Waals surface area contributed by atoms with Crippen molar-refractivity contribution in [2.75, 3.05) is 5.32 Å². The number of amides is 1. The first-order valence-corrected chi connectivity index (χ1v) is 5.60. The molecule has 0 saturated heterocycles. The molecule has 1 amide bonds. The highest BCUT2D eigenvalue weighted by Crippen LogP contribution is 2.18. The number of anilines is 1. The molecule has 0 spiro atoms. The van der Waals surface area contributed by atoms with Crippen molar-refractivity contribution in [3.63, 3.8) is 0 Å². The maximum atomic E-state index is 11.9. The summed E-state index contributed by atoms with van der Waals surface area (Å²) in [6.45, 7) is 0. The standard InChI is InChI=1S/C13H12N4O2/c1-17-13(10(7-14)8-15-17)16-12(19)6-9-4-2-3-5-11(9)18/h2-5,8,18H,6H2,1H3,(H,16,19). The van der Waals surface area contributed by atoms with Crippen LogP contribution in [0.3, 0.4) is 0 Å². The van der Waals surface area contributed by atoms with E-state index in [4.69, 9.17) is 5.26 Å². The Morgan fingerprint density at radius 1 is 1.53 bits per heavy atom. The second kappa shape index (κ2) is 5.23. The summed E-state index contributed by atoms with van der Waals surface area (Å²) in [5.74, 6) is 0.104. The monoisotopic (exact) mass is 256 g/mol. The van der Waals surface area contributed by atoms with Gasteiger partial charge in [0, 0.05) is 12.6 Å². The van der Waals surface area contributed by atoms with Gasteiger partial charge in [-0.25, -0.2) is 0 Å². The van der Waals surface area contributed by atoms with Crippen molar-refractivity contribution < 1.29 is 9.90 Å². The van der Waals surface area contributed by atoms with Crippen LogP contribution < -0.4 is 5.32 Å². The Hall–Kier alpha value is -2.81. The van der Waals surface area contributed by atoms with Crippen molar-refractivity contribution in [1.29, 1.82) is 5.26 Å². The van der Waals surface area contributed by atoms with Gasteiger partial charge < -0.3 is 10.4 Å². The first kappa shape index (κ1) is 12.6. The normalized spacial score (nSPS) is 9.89. The van der Waals surface area contributed by atoms with Crippen LogP contribution in [0.5, 0.6) is 5.75 Å². The molecule has 0 radical (unpaired) electrons. The Morgan fingerprint density at radius 2 is 2.26 bits per heavy atom. The minimum absolute atomic E-state index is 0.0305. The lowest BCUT2D eigenvalue weighted by atomic mass is 10.1. The molecule has 0 aliphatic rings. The molecule has 0 saturated carbocycles. The molecule has 0 fully saturated rings. The lowest BCUT2D eigenvalue weighted by molar-refractivity contribution is -0.115. The van der Waals surface area contributed by atoms with E-state index in [1.54, 1.807) is 25.2 Å². The average Bonchev–Trinajstić information content (AvgIpc) is 2.73. The van der Waals surface area contributed by atoms with E-state index in [-0.39, 0.29) is 18.1 Å². The van der Waals surface area contributed by atoms with Gasteiger partial charge in [-0.3, -0.25) is 9.48 Å². The summed E-state index contributed by atoms with van der Waals surface area (Å²) in [6, 6.07) is 8.57. The summed E-state index contributed by atoms with van der Waals surface area (Å²) in [7, 11) is 1.64. The summed E-state index contributed by atoms with van der Waals surface area (Å²) in [6.07, 6.45) is 1.42. The first-order chi connectivity index (χ1) is 9.11. The Kier molecular flexibility index (Phi) is 3.48. The van der Waals surface area contributed by atoms with Crippen LogP contribution in [0, 0.1) is 11.3 Å². The van der Waals surface area contributed by atoms with E-state index in [0.717, 1.165) is 0 Å². The van der Waals surface area contributed by atoms with Crippen LogP contribution in [0.25, 0.3) is 0 Å². The maximum Gasteiger partial charge on any atom is 0.230 e.